The number of benzene rings is 1. The molecule has 0 spiro atoms. The molecule has 1 saturated carbocycles. The Kier molecular flexibility index (Phi) is 5.01. The number of rotatable bonds is 6. The predicted octanol–water partition coefficient (Wildman–Crippen LogP) is 3.25. The second-order valence-corrected chi connectivity index (χ2v) is 6.68. The summed E-state index contributed by atoms with van der Waals surface area (Å²) < 4.78 is 1.93. The van der Waals surface area contributed by atoms with E-state index in [1.54, 1.807) is 6.20 Å². The summed E-state index contributed by atoms with van der Waals surface area (Å²) in [6, 6.07) is 6.15. The number of hydrogen-bond acceptors (Lipinski definition) is 2. The first-order valence-corrected chi connectivity index (χ1v) is 8.72. The molecule has 1 fully saturated rings. The van der Waals surface area contributed by atoms with Crippen LogP contribution in [0.15, 0.2) is 24.4 Å². The molecule has 4 heteroatoms. The lowest BCUT2D eigenvalue weighted by molar-refractivity contribution is 0.100. The van der Waals surface area contributed by atoms with Gasteiger partial charge in [0.25, 0.3) is 5.91 Å². The number of carbonyl (C=O) groups excluding carboxylic acids is 1. The van der Waals surface area contributed by atoms with Gasteiger partial charge in [0.05, 0.1) is 12.2 Å². The molecule has 1 aliphatic rings. The largest absolute Gasteiger partial charge is 0.395 e. The van der Waals surface area contributed by atoms with Gasteiger partial charge in [0.15, 0.2) is 0 Å². The molecule has 1 aromatic heterocycles. The number of aliphatic hydroxyl groups is 1. The van der Waals surface area contributed by atoms with Crippen LogP contribution < -0.4 is 5.73 Å². The summed E-state index contributed by atoms with van der Waals surface area (Å²) in [5.41, 5.74) is 8.36. The zero-order chi connectivity index (χ0) is 16.2. The van der Waals surface area contributed by atoms with Gasteiger partial charge in [-0.3, -0.25) is 4.79 Å². The molecule has 1 heterocycles. The SMILES string of the molecule is NC(=O)c1cn(CCO)c2cccc(CCC3CCCCC3)c12. The van der Waals surface area contributed by atoms with E-state index in [0.717, 1.165) is 23.2 Å². The molecule has 0 radical (unpaired) electrons. The second kappa shape index (κ2) is 7.18. The summed E-state index contributed by atoms with van der Waals surface area (Å²) in [5, 5.41) is 10.2. The fourth-order valence-corrected chi connectivity index (χ4v) is 3.95. The molecular weight excluding hydrogens is 288 g/mol. The van der Waals surface area contributed by atoms with Gasteiger partial charge < -0.3 is 15.4 Å². The van der Waals surface area contributed by atoms with Crippen LogP contribution in [-0.2, 0) is 13.0 Å². The predicted molar refractivity (Wildman–Crippen MR) is 92.4 cm³/mol. The molecule has 0 saturated heterocycles. The van der Waals surface area contributed by atoms with Crippen molar-refractivity contribution in [1.29, 1.82) is 0 Å². The molecule has 0 atom stereocenters. The molecule has 1 aliphatic carbocycles. The van der Waals surface area contributed by atoms with Crippen molar-refractivity contribution in [2.45, 2.75) is 51.5 Å². The number of carbonyl (C=O) groups is 1. The molecule has 124 valence electrons. The summed E-state index contributed by atoms with van der Waals surface area (Å²) in [7, 11) is 0. The zero-order valence-electron chi connectivity index (χ0n) is 13.6. The van der Waals surface area contributed by atoms with Gasteiger partial charge in [-0.2, -0.15) is 0 Å². The van der Waals surface area contributed by atoms with E-state index < -0.39 is 5.91 Å². The van der Waals surface area contributed by atoms with Gasteiger partial charge >= 0.3 is 0 Å². The quantitative estimate of drug-likeness (QED) is 0.859. The summed E-state index contributed by atoms with van der Waals surface area (Å²) in [6.07, 6.45) is 10.7. The topological polar surface area (TPSA) is 68.2 Å². The van der Waals surface area contributed by atoms with Crippen LogP contribution >= 0.6 is 0 Å². The highest BCUT2D eigenvalue weighted by molar-refractivity contribution is 6.07. The van der Waals surface area contributed by atoms with Crippen LogP contribution in [-0.4, -0.2) is 22.2 Å². The third-order valence-corrected chi connectivity index (χ3v) is 5.15. The number of amides is 1. The van der Waals surface area contributed by atoms with Crippen molar-refractivity contribution in [3.8, 4) is 0 Å². The third kappa shape index (κ3) is 3.42. The minimum Gasteiger partial charge on any atom is -0.395 e. The van der Waals surface area contributed by atoms with E-state index in [2.05, 4.69) is 6.07 Å². The van der Waals surface area contributed by atoms with Crippen LogP contribution in [0.25, 0.3) is 10.9 Å². The van der Waals surface area contributed by atoms with Crippen molar-refractivity contribution in [2.24, 2.45) is 11.7 Å². The first-order valence-electron chi connectivity index (χ1n) is 8.72. The van der Waals surface area contributed by atoms with Crippen molar-refractivity contribution in [3.05, 3.63) is 35.5 Å². The van der Waals surface area contributed by atoms with Gasteiger partial charge in [-0.25, -0.2) is 0 Å². The van der Waals surface area contributed by atoms with Crippen LogP contribution in [0.1, 0.15) is 54.4 Å². The minimum absolute atomic E-state index is 0.0499. The summed E-state index contributed by atoms with van der Waals surface area (Å²) in [6.45, 7) is 0.532. The molecule has 1 amide bonds. The van der Waals surface area contributed by atoms with E-state index in [-0.39, 0.29) is 6.61 Å². The highest BCUT2D eigenvalue weighted by Crippen LogP contribution is 2.30. The van der Waals surface area contributed by atoms with Crippen LogP contribution in [0, 0.1) is 5.92 Å². The Labute approximate surface area is 137 Å². The Hall–Kier alpha value is -1.81. The maximum Gasteiger partial charge on any atom is 0.250 e. The van der Waals surface area contributed by atoms with E-state index in [1.807, 2.05) is 16.7 Å². The van der Waals surface area contributed by atoms with Gasteiger partial charge in [-0.1, -0.05) is 44.2 Å². The van der Waals surface area contributed by atoms with E-state index >= 15 is 0 Å². The number of aryl methyl sites for hydroxylation is 1. The van der Waals surface area contributed by atoms with Crippen molar-refractivity contribution >= 4 is 16.8 Å². The Balaban J connectivity index is 1.91. The van der Waals surface area contributed by atoms with Gasteiger partial charge in [-0.15, -0.1) is 0 Å². The molecule has 0 aliphatic heterocycles. The number of nitrogens with zero attached hydrogens (tertiary/aromatic N) is 1. The van der Waals surface area contributed by atoms with Crippen molar-refractivity contribution in [1.82, 2.24) is 4.57 Å². The Morgan fingerprint density at radius 1 is 1.26 bits per heavy atom. The number of primary amides is 1. The van der Waals surface area contributed by atoms with E-state index in [4.69, 9.17) is 5.73 Å². The first-order chi connectivity index (χ1) is 11.2. The smallest absolute Gasteiger partial charge is 0.250 e. The average Bonchev–Trinajstić information content (AvgIpc) is 2.94. The lowest BCUT2D eigenvalue weighted by atomic mass is 9.85. The Morgan fingerprint density at radius 2 is 2.04 bits per heavy atom. The zero-order valence-corrected chi connectivity index (χ0v) is 13.6. The first kappa shape index (κ1) is 16.1. The third-order valence-electron chi connectivity index (χ3n) is 5.15. The number of aromatic nitrogens is 1. The fourth-order valence-electron chi connectivity index (χ4n) is 3.95. The molecule has 3 N–H and O–H groups in total. The highest BCUT2D eigenvalue weighted by atomic mass is 16.3. The highest BCUT2D eigenvalue weighted by Gasteiger charge is 2.18. The maximum absolute atomic E-state index is 11.8. The van der Waals surface area contributed by atoms with Crippen LogP contribution in [0.4, 0.5) is 0 Å². The van der Waals surface area contributed by atoms with Crippen LogP contribution in [0.5, 0.6) is 0 Å². The number of aliphatic hydroxyl groups excluding tert-OH is 1. The molecule has 0 unspecified atom stereocenters. The second-order valence-electron chi connectivity index (χ2n) is 6.68. The minimum atomic E-state index is -0.392. The fraction of sp³-hybridized carbons (Fsp3) is 0.526. The molecule has 3 rings (SSSR count). The normalized spacial score (nSPS) is 16.0. The van der Waals surface area contributed by atoms with Gasteiger partial charge in [0.2, 0.25) is 0 Å². The van der Waals surface area contributed by atoms with Crippen molar-refractivity contribution in [2.75, 3.05) is 6.61 Å². The molecular formula is C19H26N2O2. The van der Waals surface area contributed by atoms with E-state index in [9.17, 15) is 9.90 Å². The number of hydrogen-bond donors (Lipinski definition) is 2. The maximum atomic E-state index is 11.8. The van der Waals surface area contributed by atoms with Gasteiger partial charge in [0.1, 0.15) is 0 Å². The molecule has 4 nitrogen and oxygen atoms in total. The standard InChI is InChI=1S/C19H26N2O2/c20-19(23)16-13-21(11-12-22)17-8-4-7-15(18(16)17)10-9-14-5-2-1-3-6-14/h4,7-8,13-14,22H,1-3,5-6,9-12H2,(H2,20,23). The van der Waals surface area contributed by atoms with E-state index in [0.29, 0.717) is 12.1 Å². The monoisotopic (exact) mass is 314 g/mol. The Morgan fingerprint density at radius 3 is 2.74 bits per heavy atom. The summed E-state index contributed by atoms with van der Waals surface area (Å²) >= 11 is 0. The van der Waals surface area contributed by atoms with E-state index in [1.165, 1.54) is 44.1 Å². The number of nitrogens with two attached hydrogens (primary N) is 1. The number of fused-ring (bicyclic) bond motifs is 1. The molecule has 0 bridgehead atoms. The summed E-state index contributed by atoms with van der Waals surface area (Å²) in [5.74, 6) is 0.423. The molecule has 1 aromatic carbocycles. The van der Waals surface area contributed by atoms with Gasteiger partial charge in [-0.05, 0) is 30.4 Å². The van der Waals surface area contributed by atoms with Crippen LogP contribution in [0.3, 0.4) is 0 Å². The molecule has 2 aromatic rings. The molecule has 23 heavy (non-hydrogen) atoms. The average molecular weight is 314 g/mol. The lowest BCUT2D eigenvalue weighted by Gasteiger charge is -2.21. The van der Waals surface area contributed by atoms with Crippen LogP contribution in [0.2, 0.25) is 0 Å². The lowest BCUT2D eigenvalue weighted by Crippen LogP contribution is -2.11. The van der Waals surface area contributed by atoms with Crippen molar-refractivity contribution < 1.29 is 9.90 Å². The Bertz CT molecular complexity index is 684. The van der Waals surface area contributed by atoms with Gasteiger partial charge in [0, 0.05) is 23.6 Å². The summed E-state index contributed by atoms with van der Waals surface area (Å²) in [4.78, 5) is 11.8. The van der Waals surface area contributed by atoms with Crippen molar-refractivity contribution in [3.63, 3.8) is 0 Å².